The molecule has 3 aromatic carbocycles. The lowest BCUT2D eigenvalue weighted by Crippen LogP contribution is -2.36. The molecule has 2 saturated heterocycles. The largest absolute Gasteiger partial charge is 0.494 e. The van der Waals surface area contributed by atoms with Crippen LogP contribution in [-0.2, 0) is 16.2 Å². The molecule has 0 aromatic heterocycles. The Morgan fingerprint density at radius 1 is 0.911 bits per heavy atom. The minimum absolute atomic E-state index is 0.0597. The Hall–Kier alpha value is -4.77. The van der Waals surface area contributed by atoms with Crippen molar-refractivity contribution in [2.24, 2.45) is 0 Å². The predicted molar refractivity (Wildman–Crippen MR) is 172 cm³/mol. The number of nitrogens with one attached hydrogen (secondary N) is 1. The zero-order valence-electron chi connectivity index (χ0n) is 25.2. The first-order valence-corrected chi connectivity index (χ1v) is 15.6. The minimum atomic E-state index is -0.548. The Kier molecular flexibility index (Phi) is 10.4. The number of hydrogen-bond acceptors (Lipinski definition) is 8. The normalized spacial score (nSPS) is 15.7. The summed E-state index contributed by atoms with van der Waals surface area (Å²) in [6.07, 6.45) is 4.85. The van der Waals surface area contributed by atoms with Gasteiger partial charge in [-0.25, -0.2) is 0 Å². The number of benzene rings is 3. The fraction of sp³-hybridized carbons (Fsp3) is 0.294. The molecule has 0 unspecified atom stereocenters. The lowest BCUT2D eigenvalue weighted by molar-refractivity contribution is -0.127. The van der Waals surface area contributed by atoms with E-state index in [0.717, 1.165) is 48.2 Å². The molecule has 2 aliphatic rings. The summed E-state index contributed by atoms with van der Waals surface area (Å²) in [7, 11) is 1.52. The summed E-state index contributed by atoms with van der Waals surface area (Å²) in [5.74, 6) is 0.651. The zero-order chi connectivity index (χ0) is 31.8. The highest BCUT2D eigenvalue weighted by Crippen LogP contribution is 2.35. The Morgan fingerprint density at radius 3 is 2.33 bits per heavy atom. The van der Waals surface area contributed by atoms with E-state index in [0.29, 0.717) is 40.7 Å². The standard InChI is InChI=1S/C34H35N3O7S/c1-3-43-27-14-12-26(13-15-27)35-31(38)21-37-33(40)30(45-34(37)41)20-24-9-16-28(29(19-24)42-2)44-22-23-7-10-25(11-8-23)32(39)36-17-5-4-6-18-36/h7-16,19-20H,3-6,17-18,21-22H2,1-2H3,(H,35,38)/b30-20-. The van der Waals surface area contributed by atoms with Gasteiger partial charge in [0.25, 0.3) is 17.1 Å². The monoisotopic (exact) mass is 629 g/mol. The molecule has 3 aromatic rings. The van der Waals surface area contributed by atoms with Gasteiger partial charge in [-0.3, -0.25) is 24.1 Å². The van der Waals surface area contributed by atoms with Gasteiger partial charge in [0.15, 0.2) is 11.5 Å². The van der Waals surface area contributed by atoms with Gasteiger partial charge in [-0.05, 0) is 104 Å². The molecule has 4 amide bonds. The van der Waals surface area contributed by atoms with Gasteiger partial charge in [0.05, 0.1) is 18.6 Å². The number of carbonyl (C=O) groups excluding carboxylic acids is 4. The summed E-state index contributed by atoms with van der Waals surface area (Å²) < 4.78 is 16.9. The number of piperidine rings is 1. The zero-order valence-corrected chi connectivity index (χ0v) is 26.1. The van der Waals surface area contributed by atoms with Crippen molar-refractivity contribution in [3.63, 3.8) is 0 Å². The van der Waals surface area contributed by atoms with E-state index >= 15 is 0 Å². The first-order chi connectivity index (χ1) is 21.8. The molecule has 0 aliphatic carbocycles. The lowest BCUT2D eigenvalue weighted by Gasteiger charge is -2.26. The topological polar surface area (TPSA) is 114 Å². The van der Waals surface area contributed by atoms with Crippen molar-refractivity contribution in [2.75, 3.05) is 38.7 Å². The first-order valence-electron chi connectivity index (χ1n) is 14.8. The van der Waals surface area contributed by atoms with Crippen molar-refractivity contribution in [1.82, 2.24) is 9.80 Å². The summed E-state index contributed by atoms with van der Waals surface area (Å²) in [5.41, 5.74) is 2.72. The van der Waals surface area contributed by atoms with Gasteiger partial charge in [-0.2, -0.15) is 0 Å². The van der Waals surface area contributed by atoms with Crippen LogP contribution in [0.2, 0.25) is 0 Å². The van der Waals surface area contributed by atoms with Crippen molar-refractivity contribution in [3.8, 4) is 17.2 Å². The van der Waals surface area contributed by atoms with Gasteiger partial charge >= 0.3 is 0 Å². The summed E-state index contributed by atoms with van der Waals surface area (Å²) in [4.78, 5) is 53.9. The van der Waals surface area contributed by atoms with Crippen LogP contribution in [0, 0.1) is 0 Å². The SMILES string of the molecule is CCOc1ccc(NC(=O)CN2C(=O)S/C(=C\c3ccc(OCc4ccc(C(=O)N5CCCCC5)cc4)c(OC)c3)C2=O)cc1. The maximum atomic E-state index is 13.0. The molecule has 5 rings (SSSR count). The van der Waals surface area contributed by atoms with E-state index in [9.17, 15) is 19.2 Å². The molecule has 0 bridgehead atoms. The van der Waals surface area contributed by atoms with E-state index < -0.39 is 23.6 Å². The van der Waals surface area contributed by atoms with E-state index in [2.05, 4.69) is 5.32 Å². The maximum absolute atomic E-state index is 13.0. The smallest absolute Gasteiger partial charge is 0.294 e. The Labute approximate surface area is 266 Å². The van der Waals surface area contributed by atoms with Crippen LogP contribution in [-0.4, -0.2) is 66.1 Å². The van der Waals surface area contributed by atoms with Crippen molar-refractivity contribution >= 4 is 46.5 Å². The molecule has 234 valence electrons. The summed E-state index contributed by atoms with van der Waals surface area (Å²) in [6.45, 7) is 3.89. The number of anilines is 1. The van der Waals surface area contributed by atoms with Crippen LogP contribution < -0.4 is 19.5 Å². The van der Waals surface area contributed by atoms with Gasteiger partial charge in [0.1, 0.15) is 18.9 Å². The lowest BCUT2D eigenvalue weighted by atomic mass is 10.1. The number of amides is 4. The molecule has 45 heavy (non-hydrogen) atoms. The number of imide groups is 1. The molecule has 10 nitrogen and oxygen atoms in total. The van der Waals surface area contributed by atoms with Crippen LogP contribution in [0.15, 0.2) is 71.6 Å². The highest BCUT2D eigenvalue weighted by molar-refractivity contribution is 8.18. The van der Waals surface area contributed by atoms with Crippen LogP contribution in [0.1, 0.15) is 47.7 Å². The Balaban J connectivity index is 1.17. The third kappa shape index (κ3) is 8.04. The fourth-order valence-corrected chi connectivity index (χ4v) is 5.85. The molecular formula is C34H35N3O7S. The van der Waals surface area contributed by atoms with E-state index in [-0.39, 0.29) is 17.4 Å². The molecule has 0 saturated carbocycles. The molecule has 2 aliphatic heterocycles. The molecule has 2 fully saturated rings. The van der Waals surface area contributed by atoms with Crippen molar-refractivity contribution in [2.45, 2.75) is 32.8 Å². The number of nitrogens with zero attached hydrogens (tertiary/aromatic N) is 2. The number of carbonyl (C=O) groups is 4. The van der Waals surface area contributed by atoms with Crippen molar-refractivity contribution in [1.29, 1.82) is 0 Å². The van der Waals surface area contributed by atoms with E-state index in [1.165, 1.54) is 13.5 Å². The molecule has 2 heterocycles. The van der Waals surface area contributed by atoms with Gasteiger partial charge in [0, 0.05) is 24.3 Å². The third-order valence-corrected chi connectivity index (χ3v) is 8.26. The molecule has 0 atom stereocenters. The molecule has 0 radical (unpaired) electrons. The fourth-order valence-electron chi connectivity index (χ4n) is 5.01. The van der Waals surface area contributed by atoms with Crippen LogP contribution >= 0.6 is 11.8 Å². The third-order valence-electron chi connectivity index (χ3n) is 7.35. The van der Waals surface area contributed by atoms with Crippen LogP contribution in [0.5, 0.6) is 17.2 Å². The minimum Gasteiger partial charge on any atom is -0.494 e. The summed E-state index contributed by atoms with van der Waals surface area (Å²) >= 11 is 0.773. The summed E-state index contributed by atoms with van der Waals surface area (Å²) in [6, 6.07) is 19.4. The number of hydrogen-bond donors (Lipinski definition) is 1. The molecule has 0 spiro atoms. The number of methoxy groups -OCH3 is 1. The van der Waals surface area contributed by atoms with Gasteiger partial charge in [0.2, 0.25) is 5.91 Å². The highest BCUT2D eigenvalue weighted by Gasteiger charge is 2.36. The van der Waals surface area contributed by atoms with Gasteiger partial charge in [-0.1, -0.05) is 18.2 Å². The quantitative estimate of drug-likeness (QED) is 0.258. The molecular weight excluding hydrogens is 594 g/mol. The highest BCUT2D eigenvalue weighted by atomic mass is 32.2. The van der Waals surface area contributed by atoms with Crippen LogP contribution in [0.25, 0.3) is 6.08 Å². The second-order valence-electron chi connectivity index (χ2n) is 10.5. The first kappa shape index (κ1) is 31.6. The Morgan fingerprint density at radius 2 is 1.64 bits per heavy atom. The van der Waals surface area contributed by atoms with Crippen LogP contribution in [0.4, 0.5) is 10.5 Å². The predicted octanol–water partition coefficient (Wildman–Crippen LogP) is 5.97. The number of likely N-dealkylation sites (tertiary alicyclic amines) is 1. The maximum Gasteiger partial charge on any atom is 0.294 e. The second-order valence-corrected chi connectivity index (χ2v) is 11.5. The van der Waals surface area contributed by atoms with Gasteiger partial charge < -0.3 is 24.4 Å². The van der Waals surface area contributed by atoms with E-state index in [1.807, 2.05) is 36.1 Å². The second kappa shape index (κ2) is 14.8. The van der Waals surface area contributed by atoms with Crippen LogP contribution in [0.3, 0.4) is 0 Å². The van der Waals surface area contributed by atoms with Crippen molar-refractivity contribution in [3.05, 3.63) is 88.3 Å². The van der Waals surface area contributed by atoms with Gasteiger partial charge in [-0.15, -0.1) is 0 Å². The average Bonchev–Trinajstić information content (AvgIpc) is 3.32. The van der Waals surface area contributed by atoms with Crippen molar-refractivity contribution < 1.29 is 33.4 Å². The number of thioether (sulfide) groups is 1. The number of ether oxygens (including phenoxy) is 3. The number of rotatable bonds is 11. The molecule has 1 N–H and O–H groups in total. The molecule has 11 heteroatoms. The average molecular weight is 630 g/mol. The van der Waals surface area contributed by atoms with E-state index in [4.69, 9.17) is 14.2 Å². The van der Waals surface area contributed by atoms with E-state index in [1.54, 1.807) is 48.5 Å². The Bertz CT molecular complexity index is 1580. The summed E-state index contributed by atoms with van der Waals surface area (Å²) in [5, 5.41) is 2.17.